The van der Waals surface area contributed by atoms with Gasteiger partial charge in [-0.05, 0) is 67.1 Å². The maximum atomic E-state index is 13.4. The third kappa shape index (κ3) is 4.31. The molecular formula is C28H26N2O3. The number of anilines is 1. The number of esters is 1. The smallest absolute Gasteiger partial charge is 0.339 e. The van der Waals surface area contributed by atoms with Crippen molar-refractivity contribution in [2.24, 2.45) is 0 Å². The number of aromatic nitrogens is 1. The molecule has 0 saturated heterocycles. The fraction of sp³-hybridized carbons (Fsp3) is 0.250. The largest absolute Gasteiger partial charge is 0.449 e. The third-order valence-corrected chi connectivity index (χ3v) is 6.29. The highest BCUT2D eigenvalue weighted by molar-refractivity contribution is 6.06. The lowest BCUT2D eigenvalue weighted by atomic mass is 9.97. The van der Waals surface area contributed by atoms with Crippen LogP contribution in [0.2, 0.25) is 0 Å². The zero-order valence-electron chi connectivity index (χ0n) is 18.6. The van der Waals surface area contributed by atoms with Crippen molar-refractivity contribution in [2.45, 2.75) is 45.1 Å². The number of aryl methyl sites for hydroxylation is 1. The van der Waals surface area contributed by atoms with Gasteiger partial charge in [0.1, 0.15) is 0 Å². The molecule has 1 aliphatic carbocycles. The Morgan fingerprint density at radius 2 is 1.67 bits per heavy atom. The predicted molar refractivity (Wildman–Crippen MR) is 130 cm³/mol. The molecule has 0 radical (unpaired) electrons. The molecule has 1 atom stereocenters. The van der Waals surface area contributed by atoms with Crippen LogP contribution in [0, 0.1) is 0 Å². The minimum atomic E-state index is -0.933. The van der Waals surface area contributed by atoms with Crippen molar-refractivity contribution in [2.75, 3.05) is 5.32 Å². The summed E-state index contributed by atoms with van der Waals surface area (Å²) in [6, 6.07) is 21.3. The maximum absolute atomic E-state index is 13.4. The van der Waals surface area contributed by atoms with Gasteiger partial charge >= 0.3 is 5.97 Å². The fourth-order valence-corrected chi connectivity index (χ4v) is 4.57. The van der Waals surface area contributed by atoms with Crippen molar-refractivity contribution < 1.29 is 14.3 Å². The number of carbonyl (C=O) groups excluding carboxylic acids is 2. The van der Waals surface area contributed by atoms with E-state index in [1.165, 1.54) is 0 Å². The summed E-state index contributed by atoms with van der Waals surface area (Å²) in [5.74, 6) is -0.823. The molecule has 5 nitrogen and oxygen atoms in total. The van der Waals surface area contributed by atoms with Crippen molar-refractivity contribution >= 4 is 39.2 Å². The van der Waals surface area contributed by atoms with Crippen LogP contribution in [-0.4, -0.2) is 23.0 Å². The Morgan fingerprint density at radius 3 is 2.55 bits per heavy atom. The van der Waals surface area contributed by atoms with Gasteiger partial charge in [-0.2, -0.15) is 0 Å². The molecular weight excluding hydrogens is 412 g/mol. The van der Waals surface area contributed by atoms with Gasteiger partial charge in [0.05, 0.1) is 11.1 Å². The van der Waals surface area contributed by atoms with Gasteiger partial charge in [-0.25, -0.2) is 4.79 Å². The van der Waals surface area contributed by atoms with E-state index in [0.717, 1.165) is 65.0 Å². The second kappa shape index (κ2) is 9.02. The molecule has 5 heteroatoms. The van der Waals surface area contributed by atoms with Crippen molar-refractivity contribution in [3.63, 3.8) is 0 Å². The van der Waals surface area contributed by atoms with E-state index in [-0.39, 0.29) is 5.91 Å². The van der Waals surface area contributed by atoms with Crippen LogP contribution in [0.5, 0.6) is 0 Å². The summed E-state index contributed by atoms with van der Waals surface area (Å²) in [6.45, 7) is 1.61. The van der Waals surface area contributed by atoms with Crippen LogP contribution in [0.1, 0.15) is 47.8 Å². The first-order valence-corrected chi connectivity index (χ1v) is 11.5. The number of amides is 1. The van der Waals surface area contributed by atoms with Crippen LogP contribution < -0.4 is 5.32 Å². The summed E-state index contributed by atoms with van der Waals surface area (Å²) < 4.78 is 5.69. The number of fused-ring (bicyclic) bond motifs is 3. The van der Waals surface area contributed by atoms with Crippen molar-refractivity contribution in [3.8, 4) is 0 Å². The molecule has 3 aromatic carbocycles. The SMILES string of the molecule is CC(OC(=O)c1c2c(nc3ccccc13)CCCCC2)C(=O)Nc1ccc2ccccc2c1. The molecule has 1 aromatic heterocycles. The maximum Gasteiger partial charge on any atom is 0.339 e. The van der Waals surface area contributed by atoms with E-state index < -0.39 is 12.1 Å². The number of nitrogens with zero attached hydrogens (tertiary/aromatic N) is 1. The molecule has 1 N–H and O–H groups in total. The minimum Gasteiger partial charge on any atom is -0.449 e. The average molecular weight is 439 g/mol. The van der Waals surface area contributed by atoms with Crippen LogP contribution in [0.4, 0.5) is 5.69 Å². The van der Waals surface area contributed by atoms with Crippen molar-refractivity contribution in [1.29, 1.82) is 0 Å². The summed E-state index contributed by atoms with van der Waals surface area (Å²) >= 11 is 0. The number of ether oxygens (including phenoxy) is 1. The quantitative estimate of drug-likeness (QED) is 0.321. The minimum absolute atomic E-state index is 0.358. The van der Waals surface area contributed by atoms with Crippen molar-refractivity contribution in [3.05, 3.63) is 83.6 Å². The Balaban J connectivity index is 1.39. The lowest BCUT2D eigenvalue weighted by Gasteiger charge is -2.18. The van der Waals surface area contributed by atoms with Gasteiger partial charge < -0.3 is 10.1 Å². The zero-order chi connectivity index (χ0) is 22.8. The van der Waals surface area contributed by atoms with Crippen LogP contribution in [0.3, 0.4) is 0 Å². The number of nitrogens with one attached hydrogen (secondary N) is 1. The van der Waals surface area contributed by atoms with E-state index in [9.17, 15) is 9.59 Å². The fourth-order valence-electron chi connectivity index (χ4n) is 4.57. The number of benzene rings is 3. The van der Waals surface area contributed by atoms with Gasteiger partial charge in [0.25, 0.3) is 5.91 Å². The van der Waals surface area contributed by atoms with E-state index in [1.807, 2.05) is 66.7 Å². The van der Waals surface area contributed by atoms with Crippen molar-refractivity contribution in [1.82, 2.24) is 4.98 Å². The first kappa shape index (κ1) is 21.1. The number of rotatable bonds is 4. The number of hydrogen-bond donors (Lipinski definition) is 1. The van der Waals surface area contributed by atoms with E-state index >= 15 is 0 Å². The summed E-state index contributed by atoms with van der Waals surface area (Å²) in [4.78, 5) is 31.0. The van der Waals surface area contributed by atoms with E-state index in [1.54, 1.807) is 6.92 Å². The predicted octanol–water partition coefficient (Wildman–Crippen LogP) is 5.84. The van der Waals surface area contributed by atoms with Crippen LogP contribution >= 0.6 is 0 Å². The summed E-state index contributed by atoms with van der Waals surface area (Å²) in [7, 11) is 0. The van der Waals surface area contributed by atoms with E-state index in [4.69, 9.17) is 9.72 Å². The highest BCUT2D eigenvalue weighted by Crippen LogP contribution is 2.29. The molecule has 1 aliphatic rings. The van der Waals surface area contributed by atoms with E-state index in [0.29, 0.717) is 11.3 Å². The zero-order valence-corrected chi connectivity index (χ0v) is 18.6. The summed E-state index contributed by atoms with van der Waals surface area (Å²) in [5.41, 5.74) is 3.97. The van der Waals surface area contributed by atoms with Gasteiger partial charge in [-0.1, -0.05) is 55.0 Å². The Bertz CT molecular complexity index is 1360. The molecule has 5 rings (SSSR count). The number of para-hydroxylation sites is 1. The Hall–Kier alpha value is -3.73. The second-order valence-electron chi connectivity index (χ2n) is 8.59. The molecule has 0 aliphatic heterocycles. The van der Waals surface area contributed by atoms with Gasteiger partial charge in [0.15, 0.2) is 6.10 Å². The average Bonchev–Trinajstić information content (AvgIpc) is 3.07. The first-order chi connectivity index (χ1) is 16.1. The standard InChI is InChI=1S/C28H26N2O3/c1-18(27(31)29-21-16-15-19-9-5-6-10-20(19)17-21)33-28(32)26-22-11-3-2-4-13-24(22)30-25-14-8-7-12-23(25)26/h5-10,12,14-18H,2-4,11,13H2,1H3,(H,29,31). The highest BCUT2D eigenvalue weighted by Gasteiger charge is 2.26. The molecule has 4 aromatic rings. The lowest BCUT2D eigenvalue weighted by molar-refractivity contribution is -0.123. The highest BCUT2D eigenvalue weighted by atomic mass is 16.5. The molecule has 1 amide bonds. The van der Waals surface area contributed by atoms with Gasteiger partial charge in [0, 0.05) is 16.8 Å². The normalized spacial score (nSPS) is 14.3. The monoisotopic (exact) mass is 438 g/mol. The molecule has 0 fully saturated rings. The Morgan fingerprint density at radius 1 is 0.909 bits per heavy atom. The topological polar surface area (TPSA) is 68.3 Å². The molecule has 1 heterocycles. The Labute approximate surface area is 192 Å². The van der Waals surface area contributed by atoms with Crippen LogP contribution in [0.25, 0.3) is 21.7 Å². The number of carbonyl (C=O) groups is 2. The Kier molecular flexibility index (Phi) is 5.78. The number of pyridine rings is 1. The van der Waals surface area contributed by atoms with Gasteiger partial charge in [-0.3, -0.25) is 9.78 Å². The van der Waals surface area contributed by atoms with Crippen LogP contribution in [0.15, 0.2) is 66.7 Å². The summed E-state index contributed by atoms with van der Waals surface area (Å²) in [6.07, 6.45) is 3.93. The molecule has 33 heavy (non-hydrogen) atoms. The molecule has 166 valence electrons. The van der Waals surface area contributed by atoms with E-state index in [2.05, 4.69) is 5.32 Å². The molecule has 1 unspecified atom stereocenters. The first-order valence-electron chi connectivity index (χ1n) is 11.5. The van der Waals surface area contributed by atoms with Crippen LogP contribution in [-0.2, 0) is 22.4 Å². The molecule has 0 saturated carbocycles. The molecule has 0 spiro atoms. The third-order valence-electron chi connectivity index (χ3n) is 6.29. The van der Waals surface area contributed by atoms with Gasteiger partial charge in [0.2, 0.25) is 0 Å². The lowest BCUT2D eigenvalue weighted by Crippen LogP contribution is -2.30. The molecule has 0 bridgehead atoms. The number of hydrogen-bond acceptors (Lipinski definition) is 4. The summed E-state index contributed by atoms with van der Waals surface area (Å²) in [5, 5.41) is 5.78. The van der Waals surface area contributed by atoms with Gasteiger partial charge in [-0.15, -0.1) is 0 Å². The second-order valence-corrected chi connectivity index (χ2v) is 8.59.